The van der Waals surface area contributed by atoms with Crippen molar-refractivity contribution in [1.82, 2.24) is 4.90 Å². The van der Waals surface area contributed by atoms with Crippen LogP contribution >= 0.6 is 15.9 Å². The standard InChI is InChI=1S/C15H20BrNO2/c1-10-13-9-12(16)6-5-11(13)7-8-17(10)14(18)19-15(2,3)4/h5-6,9-10H,7-8H2,1-4H3/t10-/m1/s1. The minimum Gasteiger partial charge on any atom is -0.444 e. The zero-order valence-electron chi connectivity index (χ0n) is 11.9. The van der Waals surface area contributed by atoms with Crippen molar-refractivity contribution in [2.45, 2.75) is 45.8 Å². The van der Waals surface area contributed by atoms with Crippen molar-refractivity contribution >= 4 is 22.0 Å². The minimum absolute atomic E-state index is 0.0519. The maximum absolute atomic E-state index is 12.2. The van der Waals surface area contributed by atoms with Gasteiger partial charge >= 0.3 is 6.09 Å². The SMILES string of the molecule is C[C@@H]1c2cc(Br)ccc2CCN1C(=O)OC(C)(C)C. The fourth-order valence-corrected chi connectivity index (χ4v) is 2.73. The molecule has 1 heterocycles. The van der Waals surface area contributed by atoms with Crippen LogP contribution in [0.25, 0.3) is 0 Å². The van der Waals surface area contributed by atoms with Gasteiger partial charge in [-0.25, -0.2) is 4.79 Å². The lowest BCUT2D eigenvalue weighted by atomic mass is 9.94. The minimum atomic E-state index is -0.450. The summed E-state index contributed by atoms with van der Waals surface area (Å²) in [6, 6.07) is 6.32. The maximum Gasteiger partial charge on any atom is 0.410 e. The van der Waals surface area contributed by atoms with Gasteiger partial charge in [-0.15, -0.1) is 0 Å². The summed E-state index contributed by atoms with van der Waals surface area (Å²) in [5, 5.41) is 0. The molecule has 0 aromatic heterocycles. The third-order valence-electron chi connectivity index (χ3n) is 3.28. The summed E-state index contributed by atoms with van der Waals surface area (Å²) in [7, 11) is 0. The van der Waals surface area contributed by atoms with Crippen molar-refractivity contribution in [2.75, 3.05) is 6.54 Å². The summed E-state index contributed by atoms with van der Waals surface area (Å²) in [6.45, 7) is 8.44. The van der Waals surface area contributed by atoms with E-state index in [0.29, 0.717) is 6.54 Å². The number of benzene rings is 1. The Morgan fingerprint density at radius 3 is 2.74 bits per heavy atom. The van der Waals surface area contributed by atoms with E-state index < -0.39 is 5.60 Å². The molecule has 1 aliphatic heterocycles. The molecular formula is C15H20BrNO2. The van der Waals surface area contributed by atoms with Gasteiger partial charge in [-0.2, -0.15) is 0 Å². The molecule has 0 spiro atoms. The van der Waals surface area contributed by atoms with Crippen molar-refractivity contribution in [3.63, 3.8) is 0 Å². The summed E-state index contributed by atoms with van der Waals surface area (Å²) < 4.78 is 6.51. The highest BCUT2D eigenvalue weighted by Crippen LogP contribution is 2.32. The van der Waals surface area contributed by atoms with Crippen LogP contribution in [0.5, 0.6) is 0 Å². The van der Waals surface area contributed by atoms with Crippen LogP contribution in [-0.2, 0) is 11.2 Å². The molecule has 1 aromatic rings. The molecule has 4 heteroatoms. The summed E-state index contributed by atoms with van der Waals surface area (Å²) in [6.07, 6.45) is 0.650. The second-order valence-corrected chi connectivity index (χ2v) is 6.86. The predicted molar refractivity (Wildman–Crippen MR) is 79.2 cm³/mol. The molecule has 1 aliphatic rings. The number of hydrogen-bond acceptors (Lipinski definition) is 2. The Hall–Kier alpha value is -1.03. The maximum atomic E-state index is 12.2. The fraction of sp³-hybridized carbons (Fsp3) is 0.533. The van der Waals surface area contributed by atoms with E-state index in [4.69, 9.17) is 4.74 Å². The Kier molecular flexibility index (Phi) is 3.90. The van der Waals surface area contributed by atoms with Crippen molar-refractivity contribution in [1.29, 1.82) is 0 Å². The lowest BCUT2D eigenvalue weighted by molar-refractivity contribution is 0.0159. The van der Waals surface area contributed by atoms with Crippen LogP contribution in [0.1, 0.15) is 44.9 Å². The van der Waals surface area contributed by atoms with Gasteiger partial charge in [0.15, 0.2) is 0 Å². The molecule has 0 bridgehead atoms. The van der Waals surface area contributed by atoms with Crippen molar-refractivity contribution in [2.24, 2.45) is 0 Å². The lowest BCUT2D eigenvalue weighted by Gasteiger charge is -2.36. The Balaban J connectivity index is 2.21. The predicted octanol–water partition coefficient (Wildman–Crippen LogP) is 4.30. The topological polar surface area (TPSA) is 29.5 Å². The third-order valence-corrected chi connectivity index (χ3v) is 3.77. The first-order valence-corrected chi connectivity index (χ1v) is 7.35. The summed E-state index contributed by atoms with van der Waals surface area (Å²) in [5.41, 5.74) is 2.07. The van der Waals surface area contributed by atoms with Gasteiger partial charge in [0, 0.05) is 11.0 Å². The molecule has 0 unspecified atom stereocenters. The van der Waals surface area contributed by atoms with Gasteiger partial charge in [0.1, 0.15) is 5.60 Å². The number of carbonyl (C=O) groups excluding carboxylic acids is 1. The molecule has 104 valence electrons. The molecule has 1 aromatic carbocycles. The van der Waals surface area contributed by atoms with E-state index in [-0.39, 0.29) is 12.1 Å². The molecule has 1 atom stereocenters. The number of rotatable bonds is 0. The number of halogens is 1. The Labute approximate surface area is 123 Å². The fourth-order valence-electron chi connectivity index (χ4n) is 2.35. The van der Waals surface area contributed by atoms with E-state index in [2.05, 4.69) is 34.1 Å². The number of carbonyl (C=O) groups is 1. The molecule has 0 saturated heterocycles. The molecule has 0 aliphatic carbocycles. The Morgan fingerprint density at radius 2 is 2.11 bits per heavy atom. The van der Waals surface area contributed by atoms with E-state index in [9.17, 15) is 4.79 Å². The van der Waals surface area contributed by atoms with Crippen LogP contribution in [-0.4, -0.2) is 23.1 Å². The largest absolute Gasteiger partial charge is 0.444 e. The van der Waals surface area contributed by atoms with E-state index in [1.807, 2.05) is 27.7 Å². The Bertz CT molecular complexity index is 493. The lowest BCUT2D eigenvalue weighted by Crippen LogP contribution is -2.42. The molecule has 0 fully saturated rings. The van der Waals surface area contributed by atoms with E-state index in [1.165, 1.54) is 11.1 Å². The second-order valence-electron chi connectivity index (χ2n) is 5.94. The van der Waals surface area contributed by atoms with Gasteiger partial charge in [-0.1, -0.05) is 22.0 Å². The summed E-state index contributed by atoms with van der Waals surface area (Å²) >= 11 is 3.49. The summed E-state index contributed by atoms with van der Waals surface area (Å²) in [5.74, 6) is 0. The molecule has 0 N–H and O–H groups in total. The zero-order chi connectivity index (χ0) is 14.2. The van der Waals surface area contributed by atoms with Crippen molar-refractivity contribution in [3.05, 3.63) is 33.8 Å². The van der Waals surface area contributed by atoms with Crippen molar-refractivity contribution in [3.8, 4) is 0 Å². The van der Waals surface area contributed by atoms with Crippen LogP contribution in [0.2, 0.25) is 0 Å². The number of fused-ring (bicyclic) bond motifs is 1. The number of amides is 1. The Morgan fingerprint density at radius 1 is 1.42 bits per heavy atom. The second kappa shape index (κ2) is 5.16. The molecular weight excluding hydrogens is 306 g/mol. The van der Waals surface area contributed by atoms with Crippen LogP contribution in [0, 0.1) is 0 Å². The average Bonchev–Trinajstić information content (AvgIpc) is 2.28. The van der Waals surface area contributed by atoms with Crippen LogP contribution in [0.3, 0.4) is 0 Å². The number of nitrogens with zero attached hydrogens (tertiary/aromatic N) is 1. The first kappa shape index (κ1) is 14.4. The number of ether oxygens (including phenoxy) is 1. The zero-order valence-corrected chi connectivity index (χ0v) is 13.5. The smallest absolute Gasteiger partial charge is 0.410 e. The van der Waals surface area contributed by atoms with Gasteiger partial charge in [-0.05, 0) is 57.4 Å². The first-order valence-electron chi connectivity index (χ1n) is 6.56. The molecule has 0 radical (unpaired) electrons. The molecule has 19 heavy (non-hydrogen) atoms. The average molecular weight is 326 g/mol. The van der Waals surface area contributed by atoms with Crippen LogP contribution in [0.4, 0.5) is 4.79 Å². The van der Waals surface area contributed by atoms with Crippen LogP contribution in [0.15, 0.2) is 22.7 Å². The van der Waals surface area contributed by atoms with Gasteiger partial charge < -0.3 is 9.64 Å². The molecule has 2 rings (SSSR count). The highest BCUT2D eigenvalue weighted by Gasteiger charge is 2.30. The van der Waals surface area contributed by atoms with Gasteiger partial charge in [0.2, 0.25) is 0 Å². The first-order chi connectivity index (χ1) is 8.78. The molecule has 3 nitrogen and oxygen atoms in total. The molecule has 0 saturated carbocycles. The van der Waals surface area contributed by atoms with E-state index in [0.717, 1.165) is 10.9 Å². The highest BCUT2D eigenvalue weighted by molar-refractivity contribution is 9.10. The summed E-state index contributed by atoms with van der Waals surface area (Å²) in [4.78, 5) is 14.0. The molecule has 1 amide bonds. The highest BCUT2D eigenvalue weighted by atomic mass is 79.9. The van der Waals surface area contributed by atoms with E-state index >= 15 is 0 Å². The van der Waals surface area contributed by atoms with Gasteiger partial charge in [0.05, 0.1) is 6.04 Å². The van der Waals surface area contributed by atoms with E-state index in [1.54, 1.807) is 4.90 Å². The normalized spacial score (nSPS) is 19.0. The number of hydrogen-bond donors (Lipinski definition) is 0. The van der Waals surface area contributed by atoms with Crippen molar-refractivity contribution < 1.29 is 9.53 Å². The van der Waals surface area contributed by atoms with Gasteiger partial charge in [0.25, 0.3) is 0 Å². The third kappa shape index (κ3) is 3.30. The van der Waals surface area contributed by atoms with Gasteiger partial charge in [-0.3, -0.25) is 0 Å². The monoisotopic (exact) mass is 325 g/mol. The quantitative estimate of drug-likeness (QED) is 0.711. The van der Waals surface area contributed by atoms with Crippen LogP contribution < -0.4 is 0 Å².